The van der Waals surface area contributed by atoms with Crippen molar-refractivity contribution in [2.45, 2.75) is 25.8 Å². The highest BCUT2D eigenvalue weighted by molar-refractivity contribution is 5.97. The monoisotopic (exact) mass is 374 g/mol. The van der Waals surface area contributed by atoms with Gasteiger partial charge in [-0.05, 0) is 43.6 Å². The minimum absolute atomic E-state index is 0.0536. The van der Waals surface area contributed by atoms with E-state index in [0.717, 1.165) is 31.7 Å². The van der Waals surface area contributed by atoms with Crippen LogP contribution < -0.4 is 15.4 Å². The zero-order valence-electron chi connectivity index (χ0n) is 16.1. The molecule has 148 valence electrons. The fourth-order valence-electron chi connectivity index (χ4n) is 3.71. The maximum atomic E-state index is 12.5. The molecule has 2 saturated heterocycles. The van der Waals surface area contributed by atoms with Crippen molar-refractivity contribution in [3.63, 3.8) is 0 Å². The molecule has 0 saturated carbocycles. The van der Waals surface area contributed by atoms with Crippen molar-refractivity contribution in [2.75, 3.05) is 52.9 Å². The lowest BCUT2D eigenvalue weighted by Gasteiger charge is -2.27. The van der Waals surface area contributed by atoms with E-state index in [0.29, 0.717) is 37.5 Å². The maximum absolute atomic E-state index is 12.5. The Hall–Kier alpha value is -2.12. The van der Waals surface area contributed by atoms with Crippen LogP contribution in [0.15, 0.2) is 18.2 Å². The van der Waals surface area contributed by atoms with E-state index in [1.165, 1.54) is 19.3 Å². The molecule has 0 aliphatic carbocycles. The van der Waals surface area contributed by atoms with Gasteiger partial charge in [-0.2, -0.15) is 0 Å². The van der Waals surface area contributed by atoms with Gasteiger partial charge in [0.15, 0.2) is 0 Å². The molecule has 0 atom stereocenters. The number of ether oxygens (including phenoxy) is 1. The second kappa shape index (κ2) is 9.71. The number of hydrogen-bond donors (Lipinski definition) is 2. The van der Waals surface area contributed by atoms with Crippen LogP contribution in [0.4, 0.5) is 0 Å². The number of methoxy groups -OCH3 is 1. The van der Waals surface area contributed by atoms with Gasteiger partial charge in [0.1, 0.15) is 5.75 Å². The van der Waals surface area contributed by atoms with Crippen molar-refractivity contribution >= 4 is 11.8 Å². The minimum atomic E-state index is -0.104. The molecule has 0 aromatic heterocycles. The van der Waals surface area contributed by atoms with Crippen molar-refractivity contribution in [1.82, 2.24) is 20.4 Å². The summed E-state index contributed by atoms with van der Waals surface area (Å²) in [6.07, 6.45) is 3.82. The molecule has 2 aliphatic heterocycles. The molecule has 2 amide bonds. The van der Waals surface area contributed by atoms with Gasteiger partial charge in [-0.25, -0.2) is 0 Å². The highest BCUT2D eigenvalue weighted by Crippen LogP contribution is 2.21. The molecule has 1 aromatic rings. The lowest BCUT2D eigenvalue weighted by Crippen LogP contribution is -2.47. The normalized spacial score (nSPS) is 18.8. The average molecular weight is 374 g/mol. The van der Waals surface area contributed by atoms with E-state index in [9.17, 15) is 9.59 Å². The highest BCUT2D eigenvalue weighted by atomic mass is 16.5. The van der Waals surface area contributed by atoms with E-state index in [1.54, 1.807) is 7.11 Å². The van der Waals surface area contributed by atoms with Crippen LogP contribution in [-0.4, -0.2) is 74.5 Å². The lowest BCUT2D eigenvalue weighted by molar-refractivity contribution is -0.124. The molecule has 2 aliphatic rings. The number of nitrogens with one attached hydrogen (secondary N) is 2. The number of carbonyl (C=O) groups is 2. The van der Waals surface area contributed by atoms with Crippen molar-refractivity contribution in [3.8, 4) is 5.75 Å². The number of amides is 2. The third-order valence-electron chi connectivity index (χ3n) is 5.20. The van der Waals surface area contributed by atoms with E-state index < -0.39 is 0 Å². The van der Waals surface area contributed by atoms with Crippen LogP contribution in [0.5, 0.6) is 5.75 Å². The van der Waals surface area contributed by atoms with E-state index in [4.69, 9.17) is 4.74 Å². The second-order valence-corrected chi connectivity index (χ2v) is 7.25. The zero-order chi connectivity index (χ0) is 19.1. The van der Waals surface area contributed by atoms with E-state index in [1.807, 2.05) is 18.2 Å². The molecule has 0 radical (unpaired) electrons. The van der Waals surface area contributed by atoms with Crippen molar-refractivity contribution in [1.29, 1.82) is 0 Å². The molecular weight excluding hydrogens is 344 g/mol. The van der Waals surface area contributed by atoms with Crippen LogP contribution in [0.1, 0.15) is 35.2 Å². The first-order valence-electron chi connectivity index (χ1n) is 9.82. The summed E-state index contributed by atoms with van der Waals surface area (Å²) in [4.78, 5) is 28.5. The van der Waals surface area contributed by atoms with Crippen molar-refractivity contribution in [3.05, 3.63) is 29.3 Å². The smallest absolute Gasteiger partial charge is 0.255 e. The predicted octanol–water partition coefficient (Wildman–Crippen LogP) is 0.843. The summed E-state index contributed by atoms with van der Waals surface area (Å²) in [5.74, 6) is 0.523. The Morgan fingerprint density at radius 2 is 2.00 bits per heavy atom. The number of piperidine rings is 1. The summed E-state index contributed by atoms with van der Waals surface area (Å²) in [6.45, 7) is 6.36. The number of rotatable bonds is 7. The van der Waals surface area contributed by atoms with Gasteiger partial charge in [-0.15, -0.1) is 0 Å². The Bertz CT molecular complexity index is 659. The van der Waals surface area contributed by atoms with E-state index in [-0.39, 0.29) is 11.8 Å². The number of piperazine rings is 1. The molecule has 7 heteroatoms. The third-order valence-corrected chi connectivity index (χ3v) is 5.20. The molecule has 2 heterocycles. The summed E-state index contributed by atoms with van der Waals surface area (Å²) < 4.78 is 5.44. The Morgan fingerprint density at radius 1 is 1.19 bits per heavy atom. The topological polar surface area (TPSA) is 73.9 Å². The van der Waals surface area contributed by atoms with Gasteiger partial charge in [0.2, 0.25) is 5.91 Å². The summed E-state index contributed by atoms with van der Waals surface area (Å²) in [6, 6.07) is 5.65. The molecule has 0 bridgehead atoms. The van der Waals surface area contributed by atoms with E-state index >= 15 is 0 Å². The molecule has 27 heavy (non-hydrogen) atoms. The summed E-state index contributed by atoms with van der Waals surface area (Å²) in [5.41, 5.74) is 1.59. The van der Waals surface area contributed by atoms with Crippen LogP contribution in [0.25, 0.3) is 0 Å². The zero-order valence-corrected chi connectivity index (χ0v) is 16.1. The molecule has 2 N–H and O–H groups in total. The fraction of sp³-hybridized carbons (Fsp3) is 0.600. The molecular formula is C20H30N4O3. The standard InChI is InChI=1S/C20H30N4O3/c1-27-18-13-16(14-24-12-7-21-19(25)15-24)5-6-17(18)20(26)22-8-11-23-9-3-2-4-10-23/h5-6,13H,2-4,7-12,14-15H2,1H3,(H,21,25)(H,22,26). The Morgan fingerprint density at radius 3 is 2.74 bits per heavy atom. The van der Waals surface area contributed by atoms with Gasteiger partial charge in [-0.1, -0.05) is 12.5 Å². The first kappa shape index (κ1) is 19.6. The largest absolute Gasteiger partial charge is 0.496 e. The van der Waals surface area contributed by atoms with E-state index in [2.05, 4.69) is 20.4 Å². The summed E-state index contributed by atoms with van der Waals surface area (Å²) in [5, 5.41) is 5.83. The number of benzene rings is 1. The number of carbonyl (C=O) groups excluding carboxylic acids is 2. The molecule has 1 aromatic carbocycles. The Kier molecular flexibility index (Phi) is 7.06. The predicted molar refractivity (Wildman–Crippen MR) is 104 cm³/mol. The van der Waals surface area contributed by atoms with Gasteiger partial charge >= 0.3 is 0 Å². The minimum Gasteiger partial charge on any atom is -0.496 e. The number of nitrogens with zero attached hydrogens (tertiary/aromatic N) is 2. The van der Waals surface area contributed by atoms with Gasteiger partial charge < -0.3 is 20.3 Å². The maximum Gasteiger partial charge on any atom is 0.255 e. The van der Waals surface area contributed by atoms with Crippen LogP contribution in [-0.2, 0) is 11.3 Å². The molecule has 0 spiro atoms. The van der Waals surface area contributed by atoms with Gasteiger partial charge in [0.25, 0.3) is 5.91 Å². The Balaban J connectivity index is 1.54. The number of likely N-dealkylation sites (tertiary alicyclic amines) is 1. The van der Waals surface area contributed by atoms with Crippen LogP contribution in [0.3, 0.4) is 0 Å². The quantitative estimate of drug-likeness (QED) is 0.740. The molecule has 0 unspecified atom stereocenters. The average Bonchev–Trinajstić information content (AvgIpc) is 2.68. The van der Waals surface area contributed by atoms with Crippen molar-refractivity contribution in [2.24, 2.45) is 0 Å². The highest BCUT2D eigenvalue weighted by Gasteiger charge is 2.18. The van der Waals surface area contributed by atoms with Gasteiger partial charge in [0.05, 0.1) is 19.2 Å². The molecule has 3 rings (SSSR count). The first-order chi connectivity index (χ1) is 13.2. The van der Waals surface area contributed by atoms with Crippen molar-refractivity contribution < 1.29 is 14.3 Å². The van der Waals surface area contributed by atoms with Gasteiger partial charge in [0, 0.05) is 32.7 Å². The Labute approximate surface area is 161 Å². The third kappa shape index (κ3) is 5.68. The lowest BCUT2D eigenvalue weighted by atomic mass is 10.1. The second-order valence-electron chi connectivity index (χ2n) is 7.25. The van der Waals surface area contributed by atoms with Crippen LogP contribution in [0.2, 0.25) is 0 Å². The van der Waals surface area contributed by atoms with Crippen LogP contribution in [0, 0.1) is 0 Å². The summed E-state index contributed by atoms with van der Waals surface area (Å²) in [7, 11) is 1.58. The molecule has 2 fully saturated rings. The fourth-order valence-corrected chi connectivity index (χ4v) is 3.71. The number of hydrogen-bond acceptors (Lipinski definition) is 5. The molecule has 7 nitrogen and oxygen atoms in total. The first-order valence-corrected chi connectivity index (χ1v) is 9.82. The van der Waals surface area contributed by atoms with Gasteiger partial charge in [-0.3, -0.25) is 14.5 Å². The van der Waals surface area contributed by atoms with Crippen LogP contribution >= 0.6 is 0 Å². The summed E-state index contributed by atoms with van der Waals surface area (Å²) >= 11 is 0. The SMILES string of the molecule is COc1cc(CN2CCNC(=O)C2)ccc1C(=O)NCCN1CCCCC1.